The number of benzene rings is 2. The van der Waals surface area contributed by atoms with Gasteiger partial charge < -0.3 is 9.84 Å². The molecule has 2 aromatic rings. The average molecular weight is 351 g/mol. The fourth-order valence-corrected chi connectivity index (χ4v) is 3.62. The highest BCUT2D eigenvalue weighted by atomic mass is 35.5. The van der Waals surface area contributed by atoms with Gasteiger partial charge in [-0.25, -0.2) is 8.42 Å². The second kappa shape index (κ2) is 5.58. The smallest absolute Gasteiger partial charge is 0.175 e. The number of fused-ring (bicyclic) bond motifs is 1. The molecule has 6 heteroatoms. The Morgan fingerprint density at radius 2 is 1.87 bits per heavy atom. The van der Waals surface area contributed by atoms with Crippen LogP contribution >= 0.6 is 11.6 Å². The minimum atomic E-state index is -3.31. The first kappa shape index (κ1) is 15.9. The number of phenols is 1. The first-order valence-corrected chi connectivity index (χ1v) is 9.20. The number of hydrogen-bond donors (Lipinski definition) is 1. The monoisotopic (exact) mass is 350 g/mol. The van der Waals surface area contributed by atoms with Crippen molar-refractivity contribution < 1.29 is 18.3 Å². The summed E-state index contributed by atoms with van der Waals surface area (Å²) in [4.78, 5) is 0.180. The topological polar surface area (TPSA) is 63.6 Å². The van der Waals surface area contributed by atoms with Crippen molar-refractivity contribution in [3.05, 3.63) is 52.5 Å². The summed E-state index contributed by atoms with van der Waals surface area (Å²) >= 11 is 6.29. The summed E-state index contributed by atoms with van der Waals surface area (Å²) in [6.07, 6.45) is 1.14. The molecule has 1 N–H and O–H groups in total. The zero-order valence-electron chi connectivity index (χ0n) is 12.6. The Balaban J connectivity index is 2.14. The quantitative estimate of drug-likeness (QED) is 0.895. The molecule has 1 aliphatic heterocycles. The van der Waals surface area contributed by atoms with E-state index in [0.717, 1.165) is 28.5 Å². The van der Waals surface area contributed by atoms with Gasteiger partial charge in [0.05, 0.1) is 4.90 Å². The minimum absolute atomic E-state index is 0.159. The summed E-state index contributed by atoms with van der Waals surface area (Å²) in [6, 6.07) is 9.61. The second-order valence-electron chi connectivity index (χ2n) is 5.49. The zero-order chi connectivity index (χ0) is 16.8. The predicted molar refractivity (Wildman–Crippen MR) is 90.7 cm³/mol. The molecular weight excluding hydrogens is 336 g/mol. The molecule has 23 heavy (non-hydrogen) atoms. The maximum atomic E-state index is 11.6. The van der Waals surface area contributed by atoms with E-state index in [1.165, 1.54) is 12.1 Å². The Hall–Kier alpha value is -1.98. The van der Waals surface area contributed by atoms with Crippen molar-refractivity contribution in [2.24, 2.45) is 0 Å². The van der Waals surface area contributed by atoms with Crippen LogP contribution in [0.15, 0.2) is 41.3 Å². The van der Waals surface area contributed by atoms with Crippen LogP contribution in [0, 0.1) is 0 Å². The molecule has 0 saturated carbocycles. The summed E-state index contributed by atoms with van der Waals surface area (Å²) in [6.45, 7) is 2.26. The number of rotatable bonds is 2. The number of aromatic hydroxyl groups is 1. The van der Waals surface area contributed by atoms with Crippen LogP contribution in [-0.4, -0.2) is 26.4 Å². The van der Waals surface area contributed by atoms with Crippen molar-refractivity contribution in [3.8, 4) is 11.5 Å². The lowest BCUT2D eigenvalue weighted by Crippen LogP contribution is -2.10. The highest BCUT2D eigenvalue weighted by molar-refractivity contribution is 7.90. The van der Waals surface area contributed by atoms with Crippen LogP contribution in [0.2, 0.25) is 5.02 Å². The van der Waals surface area contributed by atoms with Crippen LogP contribution in [0.5, 0.6) is 11.5 Å². The van der Waals surface area contributed by atoms with Gasteiger partial charge in [-0.05, 0) is 42.8 Å². The number of allylic oxidation sites excluding steroid dienone is 1. The van der Waals surface area contributed by atoms with Crippen molar-refractivity contribution in [2.45, 2.75) is 11.8 Å². The SMILES string of the molecule is CC1=C(c2ccc(S(C)(=O)=O)cc2Cl)COc2ccc(O)cc21. The third-order valence-electron chi connectivity index (χ3n) is 3.89. The number of halogens is 1. The van der Waals surface area contributed by atoms with Crippen molar-refractivity contribution in [3.63, 3.8) is 0 Å². The van der Waals surface area contributed by atoms with Crippen LogP contribution in [0.4, 0.5) is 0 Å². The van der Waals surface area contributed by atoms with Crippen molar-refractivity contribution in [1.29, 1.82) is 0 Å². The van der Waals surface area contributed by atoms with Gasteiger partial charge in [0.1, 0.15) is 18.1 Å². The van der Waals surface area contributed by atoms with Crippen LogP contribution in [-0.2, 0) is 9.84 Å². The number of ether oxygens (including phenoxy) is 1. The standard InChI is InChI=1S/C17H15ClO4S/c1-10-14-7-11(19)3-6-17(14)22-9-15(10)13-5-4-12(8-16(13)18)23(2,20)21/h3-8,19H,9H2,1-2H3. The maximum absolute atomic E-state index is 11.6. The van der Waals surface area contributed by atoms with Gasteiger partial charge in [-0.1, -0.05) is 17.7 Å². The number of sulfone groups is 1. The molecule has 0 aromatic heterocycles. The first-order chi connectivity index (χ1) is 10.8. The van der Waals surface area contributed by atoms with E-state index in [-0.39, 0.29) is 10.6 Å². The van der Waals surface area contributed by atoms with Gasteiger partial charge in [0.15, 0.2) is 9.84 Å². The Labute approximate surface area is 139 Å². The van der Waals surface area contributed by atoms with Gasteiger partial charge >= 0.3 is 0 Å². The van der Waals surface area contributed by atoms with E-state index in [1.54, 1.807) is 24.3 Å². The molecule has 0 bridgehead atoms. The normalized spacial score (nSPS) is 14.4. The highest BCUT2D eigenvalue weighted by Crippen LogP contribution is 2.40. The van der Waals surface area contributed by atoms with E-state index >= 15 is 0 Å². The molecule has 0 spiro atoms. The molecule has 1 heterocycles. The Bertz CT molecular complexity index is 930. The molecule has 2 aromatic carbocycles. The van der Waals surface area contributed by atoms with E-state index in [9.17, 15) is 13.5 Å². The van der Waals surface area contributed by atoms with Crippen LogP contribution in [0.1, 0.15) is 18.1 Å². The van der Waals surface area contributed by atoms with Crippen LogP contribution in [0.3, 0.4) is 0 Å². The average Bonchev–Trinajstić information content (AvgIpc) is 2.48. The third-order valence-corrected chi connectivity index (χ3v) is 5.31. The third kappa shape index (κ3) is 2.94. The lowest BCUT2D eigenvalue weighted by atomic mass is 9.93. The molecule has 0 unspecified atom stereocenters. The molecule has 0 amide bonds. The van der Waals surface area contributed by atoms with E-state index in [4.69, 9.17) is 16.3 Å². The Kier molecular flexibility index (Phi) is 3.86. The summed E-state index contributed by atoms with van der Waals surface area (Å²) in [7, 11) is -3.31. The fourth-order valence-electron chi connectivity index (χ4n) is 2.61. The summed E-state index contributed by atoms with van der Waals surface area (Å²) < 4.78 is 29.0. The molecule has 0 aliphatic carbocycles. The number of hydrogen-bond acceptors (Lipinski definition) is 4. The van der Waals surface area contributed by atoms with Gasteiger partial charge in [0, 0.05) is 28.0 Å². The summed E-state index contributed by atoms with van der Waals surface area (Å²) in [5, 5.41) is 10.0. The van der Waals surface area contributed by atoms with Crippen molar-refractivity contribution >= 4 is 32.6 Å². The largest absolute Gasteiger partial charge is 0.508 e. The highest BCUT2D eigenvalue weighted by Gasteiger charge is 2.21. The molecule has 0 radical (unpaired) electrons. The molecule has 0 atom stereocenters. The fraction of sp³-hybridized carbons (Fsp3) is 0.176. The first-order valence-electron chi connectivity index (χ1n) is 6.93. The van der Waals surface area contributed by atoms with E-state index in [2.05, 4.69) is 0 Å². The zero-order valence-corrected chi connectivity index (χ0v) is 14.2. The van der Waals surface area contributed by atoms with Gasteiger partial charge in [-0.15, -0.1) is 0 Å². The molecular formula is C17H15ClO4S. The van der Waals surface area contributed by atoms with E-state index in [0.29, 0.717) is 17.4 Å². The molecule has 0 fully saturated rings. The molecule has 120 valence electrons. The maximum Gasteiger partial charge on any atom is 0.175 e. The molecule has 1 aliphatic rings. The van der Waals surface area contributed by atoms with Crippen molar-refractivity contribution in [1.82, 2.24) is 0 Å². The van der Waals surface area contributed by atoms with Gasteiger partial charge in [-0.2, -0.15) is 0 Å². The van der Waals surface area contributed by atoms with Crippen LogP contribution < -0.4 is 4.74 Å². The molecule has 4 nitrogen and oxygen atoms in total. The predicted octanol–water partition coefficient (Wildman–Crippen LogP) is 3.77. The van der Waals surface area contributed by atoms with Gasteiger partial charge in [0.2, 0.25) is 0 Å². The Morgan fingerprint density at radius 3 is 2.52 bits per heavy atom. The van der Waals surface area contributed by atoms with E-state index < -0.39 is 9.84 Å². The summed E-state index contributed by atoms with van der Waals surface area (Å²) in [5.74, 6) is 0.861. The molecule has 3 rings (SSSR count). The van der Waals surface area contributed by atoms with Crippen LogP contribution in [0.25, 0.3) is 11.1 Å². The van der Waals surface area contributed by atoms with Gasteiger partial charge in [-0.3, -0.25) is 0 Å². The lowest BCUT2D eigenvalue weighted by molar-refractivity contribution is 0.363. The van der Waals surface area contributed by atoms with E-state index in [1.807, 2.05) is 6.92 Å². The number of phenolic OH excluding ortho intramolecular Hbond substituents is 1. The minimum Gasteiger partial charge on any atom is -0.508 e. The summed E-state index contributed by atoms with van der Waals surface area (Å²) in [5.41, 5.74) is 3.34. The lowest BCUT2D eigenvalue weighted by Gasteiger charge is -2.23. The molecule has 0 saturated heterocycles. The Morgan fingerprint density at radius 1 is 1.13 bits per heavy atom. The van der Waals surface area contributed by atoms with Crippen molar-refractivity contribution in [2.75, 3.05) is 12.9 Å². The van der Waals surface area contributed by atoms with Gasteiger partial charge in [0.25, 0.3) is 0 Å². The second-order valence-corrected chi connectivity index (χ2v) is 7.91.